The second kappa shape index (κ2) is 7.91. The van der Waals surface area contributed by atoms with Crippen LogP contribution in [0.1, 0.15) is 10.4 Å². The largest absolute Gasteiger partial charge is 0.493 e. The first-order chi connectivity index (χ1) is 14.6. The summed E-state index contributed by atoms with van der Waals surface area (Å²) in [5.41, 5.74) is 1.70. The summed E-state index contributed by atoms with van der Waals surface area (Å²) in [6, 6.07) is 5.21. The van der Waals surface area contributed by atoms with E-state index in [1.165, 1.54) is 0 Å². The Labute approximate surface area is 176 Å². The van der Waals surface area contributed by atoms with Gasteiger partial charge in [0.25, 0.3) is 0 Å². The van der Waals surface area contributed by atoms with Crippen LogP contribution in [-0.2, 0) is 0 Å². The summed E-state index contributed by atoms with van der Waals surface area (Å²) in [4.78, 5) is 23.7. The third-order valence-electron chi connectivity index (χ3n) is 4.36. The van der Waals surface area contributed by atoms with Crippen LogP contribution in [0.4, 0.5) is 11.8 Å². The van der Waals surface area contributed by atoms with Gasteiger partial charge < -0.3 is 24.1 Å². The van der Waals surface area contributed by atoms with Gasteiger partial charge >= 0.3 is 0 Å². The van der Waals surface area contributed by atoms with Gasteiger partial charge in [0.1, 0.15) is 12.0 Å². The number of anilines is 2. The van der Waals surface area contributed by atoms with Gasteiger partial charge in [0.05, 0.1) is 33.2 Å². The highest BCUT2D eigenvalue weighted by Crippen LogP contribution is 2.39. The van der Waals surface area contributed by atoms with Crippen molar-refractivity contribution in [2.45, 2.75) is 0 Å². The average Bonchev–Trinajstić information content (AvgIpc) is 3.39. The van der Waals surface area contributed by atoms with Gasteiger partial charge in [0.2, 0.25) is 17.0 Å². The minimum atomic E-state index is 0.0459. The lowest BCUT2D eigenvalue weighted by atomic mass is 10.2. The van der Waals surface area contributed by atoms with E-state index in [9.17, 15) is 4.79 Å². The van der Waals surface area contributed by atoms with Gasteiger partial charge in [-0.1, -0.05) is 0 Å². The number of hydrogen-bond acceptors (Lipinski definition) is 8. The molecule has 30 heavy (non-hydrogen) atoms. The zero-order chi connectivity index (χ0) is 21.3. The molecule has 0 spiro atoms. The first kappa shape index (κ1) is 19.5. The van der Waals surface area contributed by atoms with E-state index in [2.05, 4.69) is 20.3 Å². The van der Waals surface area contributed by atoms with E-state index in [0.717, 1.165) is 12.0 Å². The highest BCUT2D eigenvalue weighted by Gasteiger charge is 2.15. The van der Waals surface area contributed by atoms with Crippen LogP contribution in [0.15, 0.2) is 36.9 Å². The Bertz CT molecular complexity index is 1210. The molecule has 4 aromatic rings. The van der Waals surface area contributed by atoms with Crippen molar-refractivity contribution >= 4 is 35.3 Å². The predicted octanol–water partition coefficient (Wildman–Crippen LogP) is 3.15. The molecule has 0 atom stereocenters. The Morgan fingerprint density at radius 3 is 2.40 bits per heavy atom. The number of halogens is 1. The molecule has 4 rings (SSSR count). The van der Waals surface area contributed by atoms with Gasteiger partial charge in [-0.15, -0.1) is 0 Å². The molecule has 0 radical (unpaired) electrons. The summed E-state index contributed by atoms with van der Waals surface area (Å²) >= 11 is 6.01. The van der Waals surface area contributed by atoms with Crippen molar-refractivity contribution in [3.05, 3.63) is 47.8 Å². The Kier molecular flexibility index (Phi) is 5.15. The normalized spacial score (nSPS) is 10.8. The fraction of sp³-hybridized carbons (Fsp3) is 0.158. The summed E-state index contributed by atoms with van der Waals surface area (Å²) in [5.74, 6) is 2.41. The van der Waals surface area contributed by atoms with E-state index < -0.39 is 0 Å². The first-order valence-electron chi connectivity index (χ1n) is 8.68. The number of rotatable bonds is 7. The van der Waals surface area contributed by atoms with Crippen molar-refractivity contribution in [1.82, 2.24) is 23.9 Å². The minimum Gasteiger partial charge on any atom is -0.493 e. The number of methoxy groups -OCH3 is 3. The zero-order valence-corrected chi connectivity index (χ0v) is 17.0. The van der Waals surface area contributed by atoms with Crippen LogP contribution in [0.25, 0.3) is 11.3 Å². The number of carbonyl (C=O) groups excluding carboxylic acids is 1. The maximum absolute atomic E-state index is 11.1. The third-order valence-corrected chi connectivity index (χ3v) is 4.53. The van der Waals surface area contributed by atoms with Crippen molar-refractivity contribution in [2.24, 2.45) is 0 Å². The molecule has 0 aliphatic heterocycles. The molecular weight excluding hydrogens is 412 g/mol. The molecule has 11 heteroatoms. The molecule has 0 aliphatic carbocycles. The molecule has 0 bridgehead atoms. The highest BCUT2D eigenvalue weighted by molar-refractivity contribution is 6.28. The standard InChI is InChI=1S/C19H17ClN6O4/c1-28-13-5-12(6-14(29-2)17(13)30-3)25-8-15(21-10-25)22-19-24-18(20)23-16-4-11(9-27)7-26(16)19/h4-10H,1-3H3,(H,22,23,24). The second-order valence-corrected chi connectivity index (χ2v) is 6.45. The van der Waals surface area contributed by atoms with E-state index in [4.69, 9.17) is 25.8 Å². The smallest absolute Gasteiger partial charge is 0.227 e. The van der Waals surface area contributed by atoms with Gasteiger partial charge in [-0.2, -0.15) is 9.97 Å². The summed E-state index contributed by atoms with van der Waals surface area (Å²) in [6.45, 7) is 0. The lowest BCUT2D eigenvalue weighted by Gasteiger charge is -2.14. The monoisotopic (exact) mass is 428 g/mol. The van der Waals surface area contributed by atoms with E-state index in [1.54, 1.807) is 67.2 Å². The number of aromatic nitrogens is 5. The van der Waals surface area contributed by atoms with Crippen LogP contribution in [-0.4, -0.2) is 51.5 Å². The molecule has 0 fully saturated rings. The quantitative estimate of drug-likeness (QED) is 0.447. The summed E-state index contributed by atoms with van der Waals surface area (Å²) in [6.07, 6.45) is 5.71. The van der Waals surface area contributed by atoms with Gasteiger partial charge in [-0.3, -0.25) is 9.20 Å². The Morgan fingerprint density at radius 2 is 1.77 bits per heavy atom. The van der Waals surface area contributed by atoms with Crippen LogP contribution in [0.2, 0.25) is 5.28 Å². The molecule has 1 aromatic carbocycles. The maximum Gasteiger partial charge on any atom is 0.227 e. The number of benzene rings is 1. The zero-order valence-electron chi connectivity index (χ0n) is 16.3. The summed E-state index contributed by atoms with van der Waals surface area (Å²) in [5, 5.41) is 3.13. The topological polar surface area (TPSA) is 105 Å². The second-order valence-electron chi connectivity index (χ2n) is 6.11. The number of nitrogens with one attached hydrogen (secondary N) is 1. The number of ether oxygens (including phenoxy) is 3. The fourth-order valence-corrected chi connectivity index (χ4v) is 3.17. The van der Waals surface area contributed by atoms with Gasteiger partial charge in [-0.25, -0.2) is 4.98 Å². The number of imidazole rings is 1. The number of hydrogen-bond donors (Lipinski definition) is 1. The molecule has 154 valence electrons. The van der Waals surface area contributed by atoms with Crippen molar-refractivity contribution < 1.29 is 19.0 Å². The SMILES string of the molecule is COc1cc(-n2cnc(Nc3nc(Cl)nc4cc(C=O)cn34)c2)cc(OC)c1OC. The maximum atomic E-state index is 11.1. The summed E-state index contributed by atoms with van der Waals surface area (Å²) in [7, 11) is 4.65. The molecule has 10 nitrogen and oxygen atoms in total. The molecule has 1 N–H and O–H groups in total. The Morgan fingerprint density at radius 1 is 1.03 bits per heavy atom. The fourth-order valence-electron chi connectivity index (χ4n) is 3.00. The summed E-state index contributed by atoms with van der Waals surface area (Å²) < 4.78 is 19.6. The van der Waals surface area contributed by atoms with Gasteiger partial charge in [0.15, 0.2) is 23.6 Å². The van der Waals surface area contributed by atoms with Crippen molar-refractivity contribution in [3.63, 3.8) is 0 Å². The first-order valence-corrected chi connectivity index (χ1v) is 9.06. The Hall–Kier alpha value is -3.79. The molecule has 0 unspecified atom stereocenters. The lowest BCUT2D eigenvalue weighted by molar-refractivity contribution is 0.112. The molecule has 0 saturated carbocycles. The van der Waals surface area contributed by atoms with Crippen molar-refractivity contribution in [1.29, 1.82) is 0 Å². The molecule has 0 amide bonds. The highest BCUT2D eigenvalue weighted by atomic mass is 35.5. The number of carbonyl (C=O) groups is 1. The molecule has 0 saturated heterocycles. The van der Waals surface area contributed by atoms with E-state index in [-0.39, 0.29) is 5.28 Å². The molecule has 0 aliphatic rings. The van der Waals surface area contributed by atoms with E-state index >= 15 is 0 Å². The lowest BCUT2D eigenvalue weighted by Crippen LogP contribution is -2.03. The van der Waals surface area contributed by atoms with E-state index in [1.807, 2.05) is 0 Å². The third kappa shape index (κ3) is 3.48. The number of fused-ring (bicyclic) bond motifs is 1. The van der Waals surface area contributed by atoms with Gasteiger partial charge in [0, 0.05) is 23.9 Å². The predicted molar refractivity (Wildman–Crippen MR) is 110 cm³/mol. The van der Waals surface area contributed by atoms with Crippen molar-refractivity contribution in [3.8, 4) is 22.9 Å². The number of aldehydes is 1. The molecule has 3 heterocycles. The van der Waals surface area contributed by atoms with Crippen LogP contribution < -0.4 is 19.5 Å². The van der Waals surface area contributed by atoms with Crippen LogP contribution in [0, 0.1) is 0 Å². The van der Waals surface area contributed by atoms with Gasteiger partial charge in [-0.05, 0) is 17.7 Å². The van der Waals surface area contributed by atoms with Crippen molar-refractivity contribution in [2.75, 3.05) is 26.6 Å². The molecule has 3 aromatic heterocycles. The molecular formula is C19H17ClN6O4. The van der Waals surface area contributed by atoms with Crippen LogP contribution in [0.5, 0.6) is 17.2 Å². The van der Waals surface area contributed by atoms with Crippen LogP contribution in [0.3, 0.4) is 0 Å². The van der Waals surface area contributed by atoms with Crippen LogP contribution >= 0.6 is 11.6 Å². The number of nitrogens with zero attached hydrogens (tertiary/aromatic N) is 5. The minimum absolute atomic E-state index is 0.0459. The average molecular weight is 429 g/mol. The van der Waals surface area contributed by atoms with E-state index in [0.29, 0.717) is 40.2 Å². The Balaban J connectivity index is 1.70.